The van der Waals surface area contributed by atoms with Crippen molar-refractivity contribution in [1.82, 2.24) is 10.2 Å². The molecule has 1 heterocycles. The van der Waals surface area contributed by atoms with Gasteiger partial charge in [0, 0.05) is 18.6 Å². The van der Waals surface area contributed by atoms with E-state index in [0.717, 1.165) is 19.4 Å². The van der Waals surface area contributed by atoms with Crippen LogP contribution < -0.4 is 11.1 Å². The highest BCUT2D eigenvalue weighted by molar-refractivity contribution is 7.80. The van der Waals surface area contributed by atoms with Crippen LogP contribution in [0.15, 0.2) is 0 Å². The number of piperidine rings is 1. The SMILES string of the molecule is CC(C)C(C(=O)NC1CCN(C)C(C)C1)C(N)=S. The van der Waals surface area contributed by atoms with Crippen molar-refractivity contribution in [2.24, 2.45) is 17.6 Å². The van der Waals surface area contributed by atoms with E-state index in [1.807, 2.05) is 13.8 Å². The minimum Gasteiger partial charge on any atom is -0.393 e. The second-order valence-electron chi connectivity index (χ2n) is 5.68. The van der Waals surface area contributed by atoms with Crippen molar-refractivity contribution in [2.45, 2.75) is 45.7 Å². The molecule has 0 aromatic heterocycles. The predicted molar refractivity (Wildman–Crippen MR) is 78.4 cm³/mol. The summed E-state index contributed by atoms with van der Waals surface area (Å²) in [6, 6.07) is 0.755. The fraction of sp³-hybridized carbons (Fsp3) is 0.846. The highest BCUT2D eigenvalue weighted by Crippen LogP contribution is 2.17. The molecule has 1 fully saturated rings. The van der Waals surface area contributed by atoms with Crippen LogP contribution in [0.5, 0.6) is 0 Å². The minimum atomic E-state index is -0.352. The Bertz CT molecular complexity index is 319. The molecule has 3 unspecified atom stereocenters. The number of nitrogens with one attached hydrogen (secondary N) is 1. The highest BCUT2D eigenvalue weighted by atomic mass is 32.1. The van der Waals surface area contributed by atoms with Crippen LogP contribution in [0.4, 0.5) is 0 Å². The van der Waals surface area contributed by atoms with Gasteiger partial charge < -0.3 is 16.0 Å². The number of likely N-dealkylation sites (tertiary alicyclic amines) is 1. The zero-order valence-electron chi connectivity index (χ0n) is 11.8. The molecule has 0 saturated carbocycles. The maximum Gasteiger partial charge on any atom is 0.230 e. The van der Waals surface area contributed by atoms with Gasteiger partial charge in [-0.2, -0.15) is 0 Å². The predicted octanol–water partition coefficient (Wildman–Crippen LogP) is 1.14. The van der Waals surface area contributed by atoms with Crippen LogP contribution in [0.2, 0.25) is 0 Å². The van der Waals surface area contributed by atoms with Crippen LogP contribution in [0.25, 0.3) is 0 Å². The third-order valence-corrected chi connectivity index (χ3v) is 4.06. The fourth-order valence-corrected chi connectivity index (χ4v) is 2.85. The molecular formula is C13H25N3OS. The van der Waals surface area contributed by atoms with Gasteiger partial charge in [0.15, 0.2) is 0 Å². The standard InChI is InChI=1S/C13H25N3OS/c1-8(2)11(12(14)18)13(17)15-10-5-6-16(4)9(3)7-10/h8-11H,5-7H2,1-4H3,(H2,14,18)(H,15,17). The lowest BCUT2D eigenvalue weighted by Crippen LogP contribution is -2.50. The van der Waals surface area contributed by atoms with Crippen LogP contribution in [-0.4, -0.2) is 41.5 Å². The highest BCUT2D eigenvalue weighted by Gasteiger charge is 2.29. The molecule has 1 rings (SSSR count). The largest absolute Gasteiger partial charge is 0.393 e. The molecule has 1 saturated heterocycles. The third-order valence-electron chi connectivity index (χ3n) is 3.81. The number of carbonyl (C=O) groups is 1. The molecule has 0 aliphatic carbocycles. The van der Waals surface area contributed by atoms with E-state index in [4.69, 9.17) is 18.0 Å². The van der Waals surface area contributed by atoms with Crippen molar-refractivity contribution in [2.75, 3.05) is 13.6 Å². The molecule has 0 aromatic carbocycles. The second kappa shape index (κ2) is 6.48. The average molecular weight is 271 g/mol. The Morgan fingerprint density at radius 2 is 2.11 bits per heavy atom. The zero-order chi connectivity index (χ0) is 13.9. The molecule has 1 amide bonds. The van der Waals surface area contributed by atoms with Crippen LogP contribution in [-0.2, 0) is 4.79 Å². The van der Waals surface area contributed by atoms with Crippen LogP contribution in [0.3, 0.4) is 0 Å². The van der Waals surface area contributed by atoms with Gasteiger partial charge in [-0.3, -0.25) is 4.79 Å². The smallest absolute Gasteiger partial charge is 0.230 e. The van der Waals surface area contributed by atoms with Gasteiger partial charge in [-0.05, 0) is 32.7 Å². The van der Waals surface area contributed by atoms with E-state index in [1.165, 1.54) is 0 Å². The monoisotopic (exact) mass is 271 g/mol. The number of hydrogen-bond acceptors (Lipinski definition) is 3. The number of hydrogen-bond donors (Lipinski definition) is 2. The maximum absolute atomic E-state index is 12.2. The van der Waals surface area contributed by atoms with Gasteiger partial charge in [-0.15, -0.1) is 0 Å². The number of rotatable bonds is 4. The molecular weight excluding hydrogens is 246 g/mol. The van der Waals surface area contributed by atoms with E-state index < -0.39 is 0 Å². The number of thiocarbonyl (C=S) groups is 1. The zero-order valence-corrected chi connectivity index (χ0v) is 12.6. The molecule has 5 heteroatoms. The Morgan fingerprint density at radius 3 is 2.56 bits per heavy atom. The van der Waals surface area contributed by atoms with Crippen LogP contribution in [0, 0.1) is 11.8 Å². The summed E-state index contributed by atoms with van der Waals surface area (Å²) in [6.45, 7) is 7.15. The molecule has 0 radical (unpaired) electrons. The lowest BCUT2D eigenvalue weighted by Gasteiger charge is -2.36. The molecule has 104 valence electrons. The van der Waals surface area contributed by atoms with Crippen LogP contribution >= 0.6 is 12.2 Å². The summed E-state index contributed by atoms with van der Waals surface area (Å²) in [5.74, 6) is -0.222. The van der Waals surface area contributed by atoms with Crippen molar-refractivity contribution in [1.29, 1.82) is 0 Å². The van der Waals surface area contributed by atoms with Crippen molar-refractivity contribution < 1.29 is 4.79 Å². The molecule has 0 spiro atoms. The van der Waals surface area contributed by atoms with Gasteiger partial charge in [0.05, 0.1) is 10.9 Å². The van der Waals surface area contributed by atoms with E-state index in [9.17, 15) is 4.79 Å². The Hall–Kier alpha value is -0.680. The lowest BCUT2D eigenvalue weighted by atomic mass is 9.93. The van der Waals surface area contributed by atoms with Gasteiger partial charge in [0.2, 0.25) is 5.91 Å². The molecule has 1 aliphatic heterocycles. The topological polar surface area (TPSA) is 58.4 Å². The third kappa shape index (κ3) is 3.92. The van der Waals surface area contributed by atoms with Crippen molar-refractivity contribution in [3.05, 3.63) is 0 Å². The van der Waals surface area contributed by atoms with Gasteiger partial charge >= 0.3 is 0 Å². The van der Waals surface area contributed by atoms with E-state index in [1.54, 1.807) is 0 Å². The van der Waals surface area contributed by atoms with Crippen LogP contribution in [0.1, 0.15) is 33.6 Å². The number of nitrogens with two attached hydrogens (primary N) is 1. The first-order chi connectivity index (χ1) is 8.32. The fourth-order valence-electron chi connectivity index (χ4n) is 2.47. The molecule has 0 aromatic rings. The van der Waals surface area contributed by atoms with Gasteiger partial charge in [0.25, 0.3) is 0 Å². The molecule has 3 N–H and O–H groups in total. The molecule has 18 heavy (non-hydrogen) atoms. The van der Waals surface area contributed by atoms with Crippen molar-refractivity contribution >= 4 is 23.1 Å². The van der Waals surface area contributed by atoms with Gasteiger partial charge in [-0.25, -0.2) is 0 Å². The molecule has 1 aliphatic rings. The van der Waals surface area contributed by atoms with E-state index in [2.05, 4.69) is 24.2 Å². The molecule has 4 nitrogen and oxygen atoms in total. The summed E-state index contributed by atoms with van der Waals surface area (Å²) in [6.07, 6.45) is 1.99. The number of carbonyl (C=O) groups excluding carboxylic acids is 1. The quantitative estimate of drug-likeness (QED) is 0.753. The molecule has 0 bridgehead atoms. The first kappa shape index (κ1) is 15.4. The summed E-state index contributed by atoms with van der Waals surface area (Å²) in [7, 11) is 2.12. The van der Waals surface area contributed by atoms with E-state index >= 15 is 0 Å². The summed E-state index contributed by atoms with van der Waals surface area (Å²) >= 11 is 4.99. The lowest BCUT2D eigenvalue weighted by molar-refractivity contribution is -0.125. The second-order valence-corrected chi connectivity index (χ2v) is 6.15. The summed E-state index contributed by atoms with van der Waals surface area (Å²) in [5, 5.41) is 3.10. The van der Waals surface area contributed by atoms with Crippen molar-refractivity contribution in [3.8, 4) is 0 Å². The van der Waals surface area contributed by atoms with Gasteiger partial charge in [-0.1, -0.05) is 26.1 Å². The minimum absolute atomic E-state index is 0.0146. The number of nitrogens with zero attached hydrogens (tertiary/aromatic N) is 1. The summed E-state index contributed by atoms with van der Waals surface area (Å²) in [4.78, 5) is 14.8. The summed E-state index contributed by atoms with van der Waals surface area (Å²) < 4.78 is 0. The Balaban J connectivity index is 2.56. The summed E-state index contributed by atoms with van der Waals surface area (Å²) in [5.41, 5.74) is 5.66. The maximum atomic E-state index is 12.2. The van der Waals surface area contributed by atoms with Crippen molar-refractivity contribution in [3.63, 3.8) is 0 Å². The normalized spacial score (nSPS) is 26.9. The Morgan fingerprint density at radius 1 is 1.50 bits per heavy atom. The number of amides is 1. The Labute approximate surface area is 115 Å². The Kier molecular flexibility index (Phi) is 5.53. The average Bonchev–Trinajstić information content (AvgIpc) is 2.22. The van der Waals surface area contributed by atoms with E-state index in [-0.39, 0.29) is 23.8 Å². The first-order valence-electron chi connectivity index (χ1n) is 6.62. The van der Waals surface area contributed by atoms with E-state index in [0.29, 0.717) is 11.0 Å². The molecule has 3 atom stereocenters. The first-order valence-corrected chi connectivity index (χ1v) is 7.03. The van der Waals surface area contributed by atoms with Gasteiger partial charge in [0.1, 0.15) is 0 Å².